The average Bonchev–Trinajstić information content (AvgIpc) is 3.22. The zero-order valence-corrected chi connectivity index (χ0v) is 39.2. The summed E-state index contributed by atoms with van der Waals surface area (Å²) in [7, 11) is 0. The highest BCUT2D eigenvalue weighted by molar-refractivity contribution is 5.77. The molecule has 3 N–H and O–H groups in total. The number of hydrogen-bond donors (Lipinski definition) is 3. The predicted molar refractivity (Wildman–Crippen MR) is 250 cm³/mol. The average molecular weight is 820 g/mol. The quantitative estimate of drug-likeness (QED) is 0.0323. The van der Waals surface area contributed by atoms with Crippen molar-refractivity contribution in [2.45, 2.75) is 302 Å². The highest BCUT2D eigenvalue weighted by Crippen LogP contribution is 2.18. The molecule has 3 unspecified atom stereocenters. The van der Waals surface area contributed by atoms with E-state index in [-0.39, 0.29) is 24.9 Å². The van der Waals surface area contributed by atoms with Gasteiger partial charge in [0.1, 0.15) is 6.10 Å². The van der Waals surface area contributed by atoms with Crippen molar-refractivity contribution in [3.63, 3.8) is 0 Å². The Bertz CT molecular complexity index is 878. The minimum Gasteiger partial charge on any atom is -0.462 e. The molecule has 0 heterocycles. The first-order chi connectivity index (χ1) is 28.5. The number of esters is 1. The van der Waals surface area contributed by atoms with Gasteiger partial charge in [0, 0.05) is 6.42 Å². The van der Waals surface area contributed by atoms with Crippen molar-refractivity contribution >= 4 is 11.9 Å². The van der Waals surface area contributed by atoms with Gasteiger partial charge in [-0.25, -0.2) is 0 Å². The van der Waals surface area contributed by atoms with E-state index in [2.05, 4.69) is 38.2 Å². The fourth-order valence-electron chi connectivity index (χ4n) is 8.13. The summed E-state index contributed by atoms with van der Waals surface area (Å²) in [5, 5.41) is 23.7. The number of allylic oxidation sites excluding steroid dienone is 2. The minimum absolute atomic E-state index is 0.0829. The maximum Gasteiger partial charge on any atom is 0.306 e. The van der Waals surface area contributed by atoms with Crippen LogP contribution in [0.2, 0.25) is 0 Å². The van der Waals surface area contributed by atoms with E-state index < -0.39 is 18.2 Å². The summed E-state index contributed by atoms with van der Waals surface area (Å²) in [5.41, 5.74) is 0. The predicted octanol–water partition coefficient (Wildman–Crippen LogP) is 15.3. The maximum absolute atomic E-state index is 13.1. The number of rotatable bonds is 47. The molecule has 344 valence electrons. The van der Waals surface area contributed by atoms with E-state index in [1.165, 1.54) is 193 Å². The molecule has 58 heavy (non-hydrogen) atoms. The van der Waals surface area contributed by atoms with Crippen LogP contribution in [0.4, 0.5) is 0 Å². The van der Waals surface area contributed by atoms with Crippen LogP contribution in [0.5, 0.6) is 0 Å². The summed E-state index contributed by atoms with van der Waals surface area (Å²) < 4.78 is 5.91. The van der Waals surface area contributed by atoms with Gasteiger partial charge in [0.25, 0.3) is 0 Å². The number of hydrogen-bond acceptors (Lipinski definition) is 5. The van der Waals surface area contributed by atoms with Gasteiger partial charge in [-0.3, -0.25) is 9.59 Å². The summed E-state index contributed by atoms with van der Waals surface area (Å²) in [6.45, 7) is 6.47. The van der Waals surface area contributed by atoms with Gasteiger partial charge < -0.3 is 20.3 Å². The molecule has 0 rings (SSSR count). The lowest BCUT2D eigenvalue weighted by atomic mass is 10.0. The molecule has 1 amide bonds. The van der Waals surface area contributed by atoms with Crippen LogP contribution in [-0.4, -0.2) is 46.9 Å². The molecule has 0 aliphatic carbocycles. The van der Waals surface area contributed by atoms with Gasteiger partial charge in [-0.1, -0.05) is 232 Å². The smallest absolute Gasteiger partial charge is 0.306 e. The molecule has 0 aliphatic heterocycles. The Morgan fingerprint density at radius 2 is 0.828 bits per heavy atom. The van der Waals surface area contributed by atoms with E-state index in [4.69, 9.17) is 4.74 Å². The zero-order chi connectivity index (χ0) is 42.4. The number of aliphatic hydroxyl groups excluding tert-OH is 2. The van der Waals surface area contributed by atoms with Crippen molar-refractivity contribution in [3.05, 3.63) is 12.2 Å². The van der Waals surface area contributed by atoms with Gasteiger partial charge in [-0.05, 0) is 51.4 Å². The molecular weight excluding hydrogens is 719 g/mol. The highest BCUT2D eigenvalue weighted by Gasteiger charge is 2.24. The first-order valence-corrected chi connectivity index (χ1v) is 25.9. The Kier molecular flexibility index (Phi) is 45.5. The SMILES string of the molecule is CCCCCCCC/C=C/CCCCCCCCCCCC(=O)OC(CCCCCCCCCC)CC(=O)NC(CO)C(O)CCCCCCCCCCCCCC. The number of amides is 1. The molecule has 0 spiro atoms. The minimum atomic E-state index is -0.780. The summed E-state index contributed by atoms with van der Waals surface area (Å²) in [6.07, 6.45) is 51.4. The van der Waals surface area contributed by atoms with Gasteiger partial charge in [-0.15, -0.1) is 0 Å². The molecule has 0 aliphatic rings. The summed E-state index contributed by atoms with van der Waals surface area (Å²) >= 11 is 0. The lowest BCUT2D eigenvalue weighted by molar-refractivity contribution is -0.151. The molecule has 0 aromatic carbocycles. The van der Waals surface area contributed by atoms with Crippen LogP contribution in [0.3, 0.4) is 0 Å². The fraction of sp³-hybridized carbons (Fsp3) is 0.923. The second-order valence-corrected chi connectivity index (χ2v) is 17.9. The maximum atomic E-state index is 13.1. The summed E-state index contributed by atoms with van der Waals surface area (Å²) in [6, 6.07) is -0.693. The highest BCUT2D eigenvalue weighted by atomic mass is 16.5. The lowest BCUT2D eigenvalue weighted by Gasteiger charge is -2.24. The second-order valence-electron chi connectivity index (χ2n) is 17.9. The number of carbonyl (C=O) groups excluding carboxylic acids is 2. The van der Waals surface area contributed by atoms with Crippen LogP contribution >= 0.6 is 0 Å². The van der Waals surface area contributed by atoms with Crippen molar-refractivity contribution < 1.29 is 24.5 Å². The van der Waals surface area contributed by atoms with Crippen LogP contribution in [0, 0.1) is 0 Å². The van der Waals surface area contributed by atoms with Crippen LogP contribution in [0.1, 0.15) is 284 Å². The lowest BCUT2D eigenvalue weighted by Crippen LogP contribution is -2.46. The van der Waals surface area contributed by atoms with E-state index in [0.717, 1.165) is 44.9 Å². The van der Waals surface area contributed by atoms with E-state index in [1.54, 1.807) is 0 Å². The number of ether oxygens (including phenoxy) is 1. The van der Waals surface area contributed by atoms with Crippen molar-refractivity contribution in [1.82, 2.24) is 5.32 Å². The van der Waals surface area contributed by atoms with Gasteiger partial charge in [0.05, 0.1) is 25.2 Å². The number of carbonyl (C=O) groups is 2. The largest absolute Gasteiger partial charge is 0.462 e. The van der Waals surface area contributed by atoms with Crippen molar-refractivity contribution in [3.8, 4) is 0 Å². The standard InChI is InChI=1S/C52H101NO5/c1-4-7-10-13-16-19-21-23-24-25-26-27-28-29-31-33-36-39-42-45-52(57)58-48(43-40-37-34-18-15-12-9-6-3)46-51(56)53-49(47-54)50(55)44-41-38-35-32-30-22-20-17-14-11-8-5-2/h23-24,48-50,54-55H,4-22,25-47H2,1-3H3,(H,53,56)/b24-23+. The first-order valence-electron chi connectivity index (χ1n) is 25.9. The molecule has 0 radical (unpaired) electrons. The van der Waals surface area contributed by atoms with E-state index in [1.807, 2.05) is 0 Å². The first kappa shape index (κ1) is 56.6. The summed E-state index contributed by atoms with van der Waals surface area (Å²) in [5.74, 6) is -0.464. The molecule has 0 aromatic heterocycles. The zero-order valence-electron chi connectivity index (χ0n) is 39.2. The van der Waals surface area contributed by atoms with Gasteiger partial charge in [0.15, 0.2) is 0 Å². The molecule has 0 saturated heterocycles. The third kappa shape index (κ3) is 41.3. The van der Waals surface area contributed by atoms with E-state index in [9.17, 15) is 19.8 Å². The van der Waals surface area contributed by atoms with E-state index >= 15 is 0 Å². The topological polar surface area (TPSA) is 95.9 Å². The van der Waals surface area contributed by atoms with Crippen LogP contribution < -0.4 is 5.32 Å². The normalized spacial score (nSPS) is 13.3. The number of nitrogens with one attached hydrogen (secondary N) is 1. The van der Waals surface area contributed by atoms with Crippen LogP contribution in [-0.2, 0) is 14.3 Å². The molecular formula is C52H101NO5. The van der Waals surface area contributed by atoms with Gasteiger partial charge >= 0.3 is 5.97 Å². The Hall–Kier alpha value is -1.40. The molecule has 0 saturated carbocycles. The summed E-state index contributed by atoms with van der Waals surface area (Å²) in [4.78, 5) is 26.0. The van der Waals surface area contributed by atoms with Crippen molar-refractivity contribution in [2.75, 3.05) is 6.61 Å². The third-order valence-electron chi connectivity index (χ3n) is 12.1. The molecule has 0 aromatic rings. The third-order valence-corrected chi connectivity index (χ3v) is 12.1. The van der Waals surface area contributed by atoms with Crippen molar-refractivity contribution in [1.29, 1.82) is 0 Å². The van der Waals surface area contributed by atoms with Gasteiger partial charge in [0.2, 0.25) is 5.91 Å². The fourth-order valence-corrected chi connectivity index (χ4v) is 8.13. The monoisotopic (exact) mass is 820 g/mol. The van der Waals surface area contributed by atoms with Crippen LogP contribution in [0.15, 0.2) is 12.2 Å². The molecule has 6 nitrogen and oxygen atoms in total. The van der Waals surface area contributed by atoms with Gasteiger partial charge in [-0.2, -0.15) is 0 Å². The molecule has 0 fully saturated rings. The molecule has 0 bridgehead atoms. The molecule has 6 heteroatoms. The number of unbranched alkanes of at least 4 members (excludes halogenated alkanes) is 33. The molecule has 3 atom stereocenters. The Morgan fingerprint density at radius 3 is 1.22 bits per heavy atom. The second kappa shape index (κ2) is 46.7. The van der Waals surface area contributed by atoms with E-state index in [0.29, 0.717) is 19.3 Å². The van der Waals surface area contributed by atoms with Crippen molar-refractivity contribution in [2.24, 2.45) is 0 Å². The number of aliphatic hydroxyl groups is 2. The Balaban J connectivity index is 4.35. The Morgan fingerprint density at radius 1 is 0.483 bits per heavy atom. The van der Waals surface area contributed by atoms with Crippen LogP contribution in [0.25, 0.3) is 0 Å². The Labute approximate surface area is 361 Å².